The van der Waals surface area contributed by atoms with Gasteiger partial charge in [-0.05, 0) is 0 Å². The van der Waals surface area contributed by atoms with Crippen LogP contribution in [0.5, 0.6) is 0 Å². The first-order valence-corrected chi connectivity index (χ1v) is 7.00. The number of carboxylic acid groups (broad SMARTS) is 1. The number of aromatic carboxylic acids is 1. The van der Waals surface area contributed by atoms with Crippen molar-refractivity contribution in [3.05, 3.63) is 54.4 Å². The number of benzene rings is 1. The van der Waals surface area contributed by atoms with Crippen molar-refractivity contribution < 1.29 is 27.6 Å². The molecular formula is C12H9IrNO2+. The van der Waals surface area contributed by atoms with Gasteiger partial charge < -0.3 is 0 Å². The number of hydrogen-bond donors (Lipinski definition) is 1. The van der Waals surface area contributed by atoms with E-state index in [0.29, 0.717) is 0 Å². The maximum absolute atomic E-state index is 11.0. The van der Waals surface area contributed by atoms with E-state index in [2.05, 4.69) is 4.98 Å². The first-order valence-electron chi connectivity index (χ1n) is 4.61. The SMILES string of the molecule is O=C(O)c1nccc[c]1[Ir+][c]1ccccc1. The van der Waals surface area contributed by atoms with Gasteiger partial charge in [-0.3, -0.25) is 0 Å². The normalized spacial score (nSPS) is 10.2. The Labute approximate surface area is 101 Å². The van der Waals surface area contributed by atoms with Crippen molar-refractivity contribution >= 4 is 14.1 Å². The summed E-state index contributed by atoms with van der Waals surface area (Å²) < 4.78 is 2.07. The van der Waals surface area contributed by atoms with Crippen molar-refractivity contribution in [2.75, 3.05) is 0 Å². The second-order valence-electron chi connectivity index (χ2n) is 2.97. The van der Waals surface area contributed by atoms with Crippen LogP contribution in [0.4, 0.5) is 0 Å². The third kappa shape index (κ3) is 2.54. The second kappa shape index (κ2) is 5.01. The molecule has 1 aromatic heterocycles. The molecule has 0 amide bonds. The number of nitrogens with zero attached hydrogens (tertiary/aromatic N) is 1. The number of carboxylic acids is 1. The summed E-state index contributed by atoms with van der Waals surface area (Å²) in [7, 11) is 0. The van der Waals surface area contributed by atoms with Crippen LogP contribution in [-0.2, 0) is 17.7 Å². The van der Waals surface area contributed by atoms with E-state index in [1.54, 1.807) is 6.07 Å². The fraction of sp³-hybridized carbons (Fsp3) is 0. The number of pyridine rings is 1. The van der Waals surface area contributed by atoms with Crippen molar-refractivity contribution in [2.45, 2.75) is 0 Å². The molecule has 2 rings (SSSR count). The summed E-state index contributed by atoms with van der Waals surface area (Å²) in [6.07, 6.45) is 1.52. The summed E-state index contributed by atoms with van der Waals surface area (Å²) in [6, 6.07) is 13.6. The van der Waals surface area contributed by atoms with Crippen LogP contribution in [0.3, 0.4) is 0 Å². The Morgan fingerprint density at radius 2 is 1.88 bits per heavy atom. The zero-order chi connectivity index (χ0) is 11.4. The Morgan fingerprint density at radius 3 is 2.56 bits per heavy atom. The van der Waals surface area contributed by atoms with Gasteiger partial charge >= 0.3 is 101 Å². The van der Waals surface area contributed by atoms with Crippen LogP contribution >= 0.6 is 0 Å². The van der Waals surface area contributed by atoms with E-state index >= 15 is 0 Å². The molecule has 0 fully saturated rings. The van der Waals surface area contributed by atoms with Crippen molar-refractivity contribution in [1.29, 1.82) is 0 Å². The van der Waals surface area contributed by atoms with Gasteiger partial charge in [0.25, 0.3) is 0 Å². The summed E-state index contributed by atoms with van der Waals surface area (Å²) in [6.45, 7) is 0. The van der Waals surface area contributed by atoms with Crippen LogP contribution in [0.1, 0.15) is 10.5 Å². The number of hydrogen-bond acceptors (Lipinski definition) is 2. The molecule has 16 heavy (non-hydrogen) atoms. The Bertz CT molecular complexity index is 499. The van der Waals surface area contributed by atoms with Gasteiger partial charge in [0.05, 0.1) is 0 Å². The third-order valence-corrected chi connectivity index (χ3v) is 4.95. The molecule has 0 aliphatic heterocycles. The van der Waals surface area contributed by atoms with E-state index in [1.807, 2.05) is 36.4 Å². The van der Waals surface area contributed by atoms with Crippen LogP contribution in [-0.4, -0.2) is 16.1 Å². The average Bonchev–Trinajstić information content (AvgIpc) is 2.31. The van der Waals surface area contributed by atoms with Gasteiger partial charge in [0.2, 0.25) is 0 Å². The average molecular weight is 391 g/mol. The van der Waals surface area contributed by atoms with Gasteiger partial charge in [-0.15, -0.1) is 0 Å². The molecule has 0 saturated heterocycles. The summed E-state index contributed by atoms with van der Waals surface area (Å²) in [5.74, 6) is -0.949. The van der Waals surface area contributed by atoms with Gasteiger partial charge in [0.15, 0.2) is 0 Å². The maximum atomic E-state index is 11.0. The molecule has 0 spiro atoms. The number of carbonyl (C=O) groups is 1. The molecule has 0 radical (unpaired) electrons. The van der Waals surface area contributed by atoms with Crippen LogP contribution in [0.2, 0.25) is 0 Å². The molecule has 4 heteroatoms. The minimum atomic E-state index is -0.949. The van der Waals surface area contributed by atoms with E-state index in [-0.39, 0.29) is 5.69 Å². The van der Waals surface area contributed by atoms with E-state index in [1.165, 1.54) is 10.3 Å². The topological polar surface area (TPSA) is 50.2 Å². The molecule has 2 aromatic rings. The molecule has 0 atom stereocenters. The molecule has 0 unspecified atom stereocenters. The first-order chi connectivity index (χ1) is 7.77. The van der Waals surface area contributed by atoms with Gasteiger partial charge in [0, 0.05) is 0 Å². The van der Waals surface area contributed by atoms with E-state index in [4.69, 9.17) is 5.11 Å². The molecule has 3 nitrogen and oxygen atoms in total. The standard InChI is InChI=1S/C6H4NO2.C6H5.Ir/c8-6(9)5-3-1-2-4-7-5;1-2-4-6-5-3-1;/h1-2,4H,(H,8,9);1-5H;/q;;+1. The molecule has 0 aliphatic rings. The fourth-order valence-electron chi connectivity index (χ4n) is 1.16. The molecule has 1 aromatic carbocycles. The molecule has 1 heterocycles. The quantitative estimate of drug-likeness (QED) is 0.843. The Morgan fingerprint density at radius 1 is 1.12 bits per heavy atom. The van der Waals surface area contributed by atoms with Crippen LogP contribution in [0, 0.1) is 0 Å². The second-order valence-corrected chi connectivity index (χ2v) is 6.24. The summed E-state index contributed by atoms with van der Waals surface area (Å²) in [5, 5.41) is 9.00. The zero-order valence-electron chi connectivity index (χ0n) is 8.25. The van der Waals surface area contributed by atoms with Gasteiger partial charge in [-0.25, -0.2) is 0 Å². The third-order valence-electron chi connectivity index (χ3n) is 1.85. The molecular weight excluding hydrogens is 382 g/mol. The molecule has 0 aliphatic carbocycles. The molecule has 0 saturated carbocycles. The van der Waals surface area contributed by atoms with Crippen molar-refractivity contribution in [3.63, 3.8) is 0 Å². The Hall–Kier alpha value is -1.51. The molecule has 82 valence electrons. The first kappa shape index (κ1) is 11.0. The minimum absolute atomic E-state index is 0.186. The van der Waals surface area contributed by atoms with Crippen molar-refractivity contribution in [2.24, 2.45) is 0 Å². The van der Waals surface area contributed by atoms with E-state index < -0.39 is 23.7 Å². The van der Waals surface area contributed by atoms with Gasteiger partial charge in [-0.1, -0.05) is 0 Å². The Balaban J connectivity index is 2.31. The molecule has 0 bridgehead atoms. The van der Waals surface area contributed by atoms with Crippen LogP contribution in [0.15, 0.2) is 48.7 Å². The van der Waals surface area contributed by atoms with Gasteiger partial charge in [0.1, 0.15) is 0 Å². The predicted octanol–water partition coefficient (Wildman–Crippen LogP) is 0.813. The van der Waals surface area contributed by atoms with Crippen LogP contribution < -0.4 is 8.15 Å². The zero-order valence-corrected chi connectivity index (χ0v) is 10.6. The monoisotopic (exact) mass is 392 g/mol. The van der Waals surface area contributed by atoms with Gasteiger partial charge in [-0.2, -0.15) is 0 Å². The predicted molar refractivity (Wildman–Crippen MR) is 56.9 cm³/mol. The Kier molecular flexibility index (Phi) is 3.44. The summed E-state index contributed by atoms with van der Waals surface area (Å²) in [5.41, 5.74) is 0.186. The van der Waals surface area contributed by atoms with Crippen molar-refractivity contribution in [1.82, 2.24) is 4.98 Å². The van der Waals surface area contributed by atoms with Crippen molar-refractivity contribution in [3.8, 4) is 0 Å². The fourth-order valence-corrected chi connectivity index (χ4v) is 3.89. The number of rotatable bonds is 3. The van der Waals surface area contributed by atoms with E-state index in [0.717, 1.165) is 4.08 Å². The van der Waals surface area contributed by atoms with E-state index in [9.17, 15) is 4.79 Å². The molecule has 1 N–H and O–H groups in total. The van der Waals surface area contributed by atoms with Crippen LogP contribution in [0.25, 0.3) is 0 Å². The summed E-state index contributed by atoms with van der Waals surface area (Å²) >= 11 is -0.615. The summed E-state index contributed by atoms with van der Waals surface area (Å²) in [4.78, 5) is 14.9. The number of aromatic nitrogens is 1.